The van der Waals surface area contributed by atoms with Crippen LogP contribution in [0.2, 0.25) is 0 Å². The zero-order chi connectivity index (χ0) is 12.6. The van der Waals surface area contributed by atoms with E-state index >= 15 is 0 Å². The quantitative estimate of drug-likeness (QED) is 0.808. The summed E-state index contributed by atoms with van der Waals surface area (Å²) in [4.78, 5) is 0. The van der Waals surface area contributed by atoms with Crippen LogP contribution in [-0.2, 0) is 4.74 Å². The van der Waals surface area contributed by atoms with Crippen LogP contribution in [-0.4, -0.2) is 37.9 Å². The van der Waals surface area contributed by atoms with Crippen LogP contribution in [0.25, 0.3) is 0 Å². The highest BCUT2D eigenvalue weighted by Gasteiger charge is 2.18. The maximum atomic E-state index is 5.52. The molecule has 0 aromatic heterocycles. The van der Waals surface area contributed by atoms with E-state index < -0.39 is 0 Å². The van der Waals surface area contributed by atoms with Gasteiger partial charge in [-0.1, -0.05) is 12.8 Å². The van der Waals surface area contributed by atoms with Crippen molar-refractivity contribution in [3.8, 4) is 0 Å². The largest absolute Gasteiger partial charge is 0.381 e. The smallest absolute Gasteiger partial charge is 0.0480 e. The van der Waals surface area contributed by atoms with E-state index in [1.54, 1.807) is 0 Å². The number of nitrogens with one attached hydrogen (secondary N) is 2. The normalized spacial score (nSPS) is 32.5. The maximum absolute atomic E-state index is 5.52. The summed E-state index contributed by atoms with van der Waals surface area (Å²) in [5, 5.41) is 7.50. The Labute approximate surface area is 112 Å². The molecule has 0 spiro atoms. The highest BCUT2D eigenvalue weighted by atomic mass is 16.5. The Bertz CT molecular complexity index is 185. The van der Waals surface area contributed by atoms with Gasteiger partial charge in [0.1, 0.15) is 0 Å². The van der Waals surface area contributed by atoms with Crippen LogP contribution in [0.15, 0.2) is 0 Å². The van der Waals surface area contributed by atoms with Gasteiger partial charge in [-0.2, -0.15) is 0 Å². The van der Waals surface area contributed by atoms with Gasteiger partial charge in [0.05, 0.1) is 0 Å². The zero-order valence-corrected chi connectivity index (χ0v) is 11.9. The van der Waals surface area contributed by atoms with Gasteiger partial charge in [-0.15, -0.1) is 0 Å². The van der Waals surface area contributed by atoms with E-state index in [-0.39, 0.29) is 0 Å². The fraction of sp³-hybridized carbons (Fsp3) is 1.00. The molecule has 0 bridgehead atoms. The van der Waals surface area contributed by atoms with Crippen LogP contribution in [0.4, 0.5) is 0 Å². The highest BCUT2D eigenvalue weighted by molar-refractivity contribution is 4.79. The van der Waals surface area contributed by atoms with Crippen molar-refractivity contribution in [3.63, 3.8) is 0 Å². The maximum Gasteiger partial charge on any atom is 0.0480 e. The van der Waals surface area contributed by atoms with E-state index in [0.29, 0.717) is 12.1 Å². The Morgan fingerprint density at radius 2 is 2.06 bits per heavy atom. The molecule has 18 heavy (non-hydrogen) atoms. The first-order chi connectivity index (χ1) is 8.84. The molecule has 0 aromatic rings. The fourth-order valence-corrected chi connectivity index (χ4v) is 3.27. The molecule has 0 radical (unpaired) electrons. The van der Waals surface area contributed by atoms with Crippen molar-refractivity contribution in [3.05, 3.63) is 0 Å². The number of ether oxygens (including phenoxy) is 1. The predicted molar refractivity (Wildman–Crippen MR) is 75.9 cm³/mol. The van der Waals surface area contributed by atoms with Gasteiger partial charge in [0.15, 0.2) is 0 Å². The standard InChI is InChI=1S/C15H30N2O/c1-13(12-15-6-3-2-4-9-16-15)17-14-7-5-10-18-11-8-14/h13-17H,2-12H2,1H3. The fourth-order valence-electron chi connectivity index (χ4n) is 3.27. The molecule has 2 aliphatic heterocycles. The van der Waals surface area contributed by atoms with Crippen molar-refractivity contribution >= 4 is 0 Å². The van der Waals surface area contributed by atoms with Crippen LogP contribution in [0.1, 0.15) is 58.3 Å². The molecule has 2 heterocycles. The summed E-state index contributed by atoms with van der Waals surface area (Å²) in [6, 6.07) is 2.04. The van der Waals surface area contributed by atoms with Gasteiger partial charge in [-0.25, -0.2) is 0 Å². The van der Waals surface area contributed by atoms with Gasteiger partial charge in [0.2, 0.25) is 0 Å². The van der Waals surface area contributed by atoms with Crippen LogP contribution in [0.3, 0.4) is 0 Å². The molecule has 0 amide bonds. The summed E-state index contributed by atoms with van der Waals surface area (Å²) in [7, 11) is 0. The second-order valence-electron chi connectivity index (χ2n) is 6.04. The molecule has 3 unspecified atom stereocenters. The Hall–Kier alpha value is -0.120. The van der Waals surface area contributed by atoms with Crippen molar-refractivity contribution in [1.29, 1.82) is 0 Å². The number of hydrogen-bond acceptors (Lipinski definition) is 3. The molecule has 2 saturated heterocycles. The van der Waals surface area contributed by atoms with Crippen LogP contribution in [0, 0.1) is 0 Å². The van der Waals surface area contributed by atoms with Gasteiger partial charge in [0, 0.05) is 31.3 Å². The molecule has 0 aliphatic carbocycles. The van der Waals surface area contributed by atoms with E-state index in [2.05, 4.69) is 17.6 Å². The summed E-state index contributed by atoms with van der Waals surface area (Å²) < 4.78 is 5.52. The zero-order valence-electron chi connectivity index (χ0n) is 11.9. The lowest BCUT2D eigenvalue weighted by Gasteiger charge is -2.25. The molecule has 2 N–H and O–H groups in total. The third-order valence-corrected chi connectivity index (χ3v) is 4.27. The third-order valence-electron chi connectivity index (χ3n) is 4.27. The molecule has 3 atom stereocenters. The Morgan fingerprint density at radius 3 is 3.00 bits per heavy atom. The minimum atomic E-state index is 0.628. The minimum absolute atomic E-state index is 0.628. The summed E-state index contributed by atoms with van der Waals surface area (Å²) in [5.41, 5.74) is 0. The first-order valence-electron chi connectivity index (χ1n) is 7.92. The van der Waals surface area contributed by atoms with E-state index in [4.69, 9.17) is 4.74 Å². The highest BCUT2D eigenvalue weighted by Crippen LogP contribution is 2.14. The molecule has 2 aliphatic rings. The summed E-state index contributed by atoms with van der Waals surface area (Å²) >= 11 is 0. The Kier molecular flexibility index (Phi) is 6.46. The average Bonchev–Trinajstić information content (AvgIpc) is 2.74. The second-order valence-corrected chi connectivity index (χ2v) is 6.04. The van der Waals surface area contributed by atoms with Crippen molar-refractivity contribution in [2.24, 2.45) is 0 Å². The van der Waals surface area contributed by atoms with E-state index in [1.165, 1.54) is 57.9 Å². The summed E-state index contributed by atoms with van der Waals surface area (Å²) in [6.45, 7) is 5.45. The van der Waals surface area contributed by atoms with Gasteiger partial charge in [0.25, 0.3) is 0 Å². The van der Waals surface area contributed by atoms with Gasteiger partial charge >= 0.3 is 0 Å². The van der Waals surface area contributed by atoms with Crippen molar-refractivity contribution < 1.29 is 4.74 Å². The van der Waals surface area contributed by atoms with Crippen molar-refractivity contribution in [2.45, 2.75) is 76.4 Å². The number of rotatable bonds is 4. The van der Waals surface area contributed by atoms with E-state index in [1.807, 2.05) is 0 Å². The average molecular weight is 254 g/mol. The topological polar surface area (TPSA) is 33.3 Å². The molecular formula is C15H30N2O. The Balaban J connectivity index is 1.67. The molecule has 2 fully saturated rings. The third kappa shape index (κ3) is 5.25. The van der Waals surface area contributed by atoms with E-state index in [0.717, 1.165) is 19.3 Å². The van der Waals surface area contributed by atoms with Crippen LogP contribution >= 0.6 is 0 Å². The predicted octanol–water partition coefficient (Wildman–Crippen LogP) is 2.46. The van der Waals surface area contributed by atoms with E-state index in [9.17, 15) is 0 Å². The van der Waals surface area contributed by atoms with Gasteiger partial charge in [-0.05, 0) is 52.0 Å². The Morgan fingerprint density at radius 1 is 1.11 bits per heavy atom. The number of hydrogen-bond donors (Lipinski definition) is 2. The van der Waals surface area contributed by atoms with Crippen LogP contribution in [0.5, 0.6) is 0 Å². The minimum Gasteiger partial charge on any atom is -0.381 e. The summed E-state index contributed by atoms with van der Waals surface area (Å²) in [5.74, 6) is 0. The second kappa shape index (κ2) is 8.13. The van der Waals surface area contributed by atoms with Crippen molar-refractivity contribution in [2.75, 3.05) is 19.8 Å². The molecule has 3 nitrogen and oxygen atoms in total. The first-order valence-corrected chi connectivity index (χ1v) is 7.92. The van der Waals surface area contributed by atoms with Crippen molar-refractivity contribution in [1.82, 2.24) is 10.6 Å². The first kappa shape index (κ1) is 14.3. The van der Waals surface area contributed by atoms with Gasteiger partial charge < -0.3 is 15.4 Å². The molecule has 3 heteroatoms. The lowest BCUT2D eigenvalue weighted by atomic mass is 10.0. The molecule has 0 aromatic carbocycles. The molecule has 2 rings (SSSR count). The lowest BCUT2D eigenvalue weighted by Crippen LogP contribution is -2.41. The molecular weight excluding hydrogens is 224 g/mol. The van der Waals surface area contributed by atoms with Crippen LogP contribution < -0.4 is 10.6 Å². The SMILES string of the molecule is CC(CC1CCCCCN1)NC1CCCOCC1. The molecule has 0 saturated carbocycles. The van der Waals surface area contributed by atoms with Gasteiger partial charge in [-0.3, -0.25) is 0 Å². The molecule has 106 valence electrons. The monoisotopic (exact) mass is 254 g/mol. The lowest BCUT2D eigenvalue weighted by molar-refractivity contribution is 0.142. The summed E-state index contributed by atoms with van der Waals surface area (Å²) in [6.07, 6.45) is 10.5.